The van der Waals surface area contributed by atoms with Crippen LogP contribution in [0.3, 0.4) is 0 Å². The van der Waals surface area contributed by atoms with Crippen molar-refractivity contribution in [2.24, 2.45) is 0 Å². The lowest BCUT2D eigenvalue weighted by Crippen LogP contribution is -2.25. The van der Waals surface area contributed by atoms with Crippen molar-refractivity contribution in [1.82, 2.24) is 19.7 Å². The predicted octanol–water partition coefficient (Wildman–Crippen LogP) is 3.34. The molecular formula is C19H17F2N5O. The van der Waals surface area contributed by atoms with Gasteiger partial charge >= 0.3 is 0 Å². The summed E-state index contributed by atoms with van der Waals surface area (Å²) in [5, 5.41) is 7.25. The number of halogens is 2. The molecule has 3 heterocycles. The minimum atomic E-state index is -0.635. The minimum absolute atomic E-state index is 0.00755. The van der Waals surface area contributed by atoms with Crippen molar-refractivity contribution in [3.63, 3.8) is 0 Å². The number of carbonyl (C=O) groups excluding carboxylic acids is 1. The number of anilines is 1. The number of hydrogen-bond acceptors (Lipinski definition) is 4. The molecule has 138 valence electrons. The minimum Gasteiger partial charge on any atom is -0.310 e. The number of amides is 1. The summed E-state index contributed by atoms with van der Waals surface area (Å²) >= 11 is 0. The predicted molar refractivity (Wildman–Crippen MR) is 94.8 cm³/mol. The molecule has 0 unspecified atom stereocenters. The highest BCUT2D eigenvalue weighted by Gasteiger charge is 2.34. The zero-order chi connectivity index (χ0) is 19.3. The maximum absolute atomic E-state index is 14.4. The van der Waals surface area contributed by atoms with E-state index in [1.807, 2.05) is 19.9 Å². The molecule has 1 aliphatic heterocycles. The van der Waals surface area contributed by atoms with Gasteiger partial charge in [-0.05, 0) is 50.6 Å². The Morgan fingerprint density at radius 2 is 1.81 bits per heavy atom. The lowest BCUT2D eigenvalue weighted by atomic mass is 9.85. The normalized spacial score (nSPS) is 16.2. The van der Waals surface area contributed by atoms with Crippen LogP contribution in [-0.2, 0) is 4.79 Å². The first-order chi connectivity index (χ1) is 12.8. The van der Waals surface area contributed by atoms with Crippen molar-refractivity contribution in [3.05, 3.63) is 64.1 Å². The second kappa shape index (κ2) is 6.22. The van der Waals surface area contributed by atoms with Crippen molar-refractivity contribution in [2.45, 2.75) is 33.1 Å². The topological polar surface area (TPSA) is 72.7 Å². The van der Waals surface area contributed by atoms with E-state index in [4.69, 9.17) is 0 Å². The van der Waals surface area contributed by atoms with E-state index >= 15 is 0 Å². The van der Waals surface area contributed by atoms with Gasteiger partial charge in [-0.1, -0.05) is 0 Å². The van der Waals surface area contributed by atoms with Crippen LogP contribution < -0.4 is 5.32 Å². The van der Waals surface area contributed by atoms with E-state index in [0.29, 0.717) is 23.0 Å². The average Bonchev–Trinajstić information content (AvgIpc) is 2.92. The Labute approximate surface area is 154 Å². The van der Waals surface area contributed by atoms with Crippen molar-refractivity contribution < 1.29 is 13.6 Å². The third kappa shape index (κ3) is 2.97. The smallest absolute Gasteiger partial charge is 0.252 e. The van der Waals surface area contributed by atoms with E-state index in [9.17, 15) is 13.6 Å². The Morgan fingerprint density at radius 1 is 1.11 bits per heavy atom. The first kappa shape index (κ1) is 17.3. The number of carbonyl (C=O) groups is 1. The largest absolute Gasteiger partial charge is 0.310 e. The molecule has 0 radical (unpaired) electrons. The van der Waals surface area contributed by atoms with Crippen LogP contribution in [-0.4, -0.2) is 25.7 Å². The summed E-state index contributed by atoms with van der Waals surface area (Å²) in [7, 11) is 0. The van der Waals surface area contributed by atoms with Gasteiger partial charge in [0.05, 0.1) is 5.69 Å². The summed E-state index contributed by atoms with van der Waals surface area (Å²) in [6, 6.07) is 5.09. The molecule has 6 nitrogen and oxygen atoms in total. The van der Waals surface area contributed by atoms with Crippen molar-refractivity contribution in [3.8, 4) is 5.95 Å². The van der Waals surface area contributed by atoms with Gasteiger partial charge in [0.15, 0.2) is 0 Å². The van der Waals surface area contributed by atoms with Crippen LogP contribution in [0.25, 0.3) is 5.95 Å². The molecule has 0 aliphatic carbocycles. The molecule has 0 bridgehead atoms. The number of rotatable bonds is 2. The van der Waals surface area contributed by atoms with Gasteiger partial charge in [-0.25, -0.2) is 18.7 Å². The van der Waals surface area contributed by atoms with E-state index in [1.165, 1.54) is 4.68 Å². The molecule has 1 aromatic carbocycles. The molecule has 0 saturated heterocycles. The fourth-order valence-corrected chi connectivity index (χ4v) is 3.54. The van der Waals surface area contributed by atoms with E-state index in [-0.39, 0.29) is 17.9 Å². The summed E-state index contributed by atoms with van der Waals surface area (Å²) in [5.74, 6) is -1.34. The third-order valence-electron chi connectivity index (χ3n) is 4.60. The number of aromatic nitrogens is 4. The van der Waals surface area contributed by atoms with Gasteiger partial charge < -0.3 is 5.32 Å². The van der Waals surface area contributed by atoms with E-state index < -0.39 is 17.6 Å². The van der Waals surface area contributed by atoms with Crippen molar-refractivity contribution in [1.29, 1.82) is 0 Å². The summed E-state index contributed by atoms with van der Waals surface area (Å²) in [5.41, 5.74) is 2.89. The summed E-state index contributed by atoms with van der Waals surface area (Å²) < 4.78 is 29.6. The second-order valence-corrected chi connectivity index (χ2v) is 6.68. The maximum Gasteiger partial charge on any atom is 0.252 e. The number of nitrogens with one attached hydrogen (secondary N) is 1. The zero-order valence-corrected chi connectivity index (χ0v) is 15.0. The molecule has 1 N–H and O–H groups in total. The van der Waals surface area contributed by atoms with Crippen LogP contribution in [0.2, 0.25) is 0 Å². The van der Waals surface area contributed by atoms with Crippen molar-refractivity contribution >= 4 is 11.7 Å². The van der Waals surface area contributed by atoms with E-state index in [0.717, 1.165) is 29.6 Å². The Hall–Kier alpha value is -3.16. The Kier molecular flexibility index (Phi) is 3.98. The number of nitrogens with zero attached hydrogens (tertiary/aromatic N) is 4. The fraction of sp³-hybridized carbons (Fsp3) is 0.263. The third-order valence-corrected chi connectivity index (χ3v) is 4.60. The summed E-state index contributed by atoms with van der Waals surface area (Å²) in [6.07, 6.45) is 0.00755. The highest BCUT2D eigenvalue weighted by molar-refractivity contribution is 5.95. The highest BCUT2D eigenvalue weighted by atomic mass is 19.1. The standard InChI is InChI=1S/C19H17F2N5O/c1-9-6-10(2)23-19(22-9)26-18-17(11(3)25-26)14(8-16(27)24-18)13-7-12(20)4-5-15(13)21/h4-7,14H,8H2,1-3H3,(H,24,27)/t14-/m0/s1. The molecule has 4 rings (SSSR count). The van der Waals surface area contributed by atoms with E-state index in [1.54, 1.807) is 6.92 Å². The van der Waals surface area contributed by atoms with Crippen LogP contribution in [0.1, 0.15) is 40.5 Å². The number of benzene rings is 1. The quantitative estimate of drug-likeness (QED) is 0.752. The number of aryl methyl sites for hydroxylation is 3. The lowest BCUT2D eigenvalue weighted by molar-refractivity contribution is -0.116. The SMILES string of the molecule is Cc1cc(C)nc(-n2nc(C)c3c2NC(=O)C[C@H]3c2cc(F)ccc2F)n1. The molecule has 1 atom stereocenters. The van der Waals surface area contributed by atoms with Gasteiger partial charge in [-0.2, -0.15) is 9.78 Å². The molecule has 27 heavy (non-hydrogen) atoms. The van der Waals surface area contributed by atoms with Gasteiger partial charge in [-0.15, -0.1) is 0 Å². The monoisotopic (exact) mass is 369 g/mol. The van der Waals surface area contributed by atoms with Crippen LogP contribution in [0.4, 0.5) is 14.6 Å². The summed E-state index contributed by atoms with van der Waals surface area (Å²) in [4.78, 5) is 21.1. The molecule has 0 saturated carbocycles. The zero-order valence-electron chi connectivity index (χ0n) is 15.0. The molecule has 0 spiro atoms. The van der Waals surface area contributed by atoms with Crippen molar-refractivity contribution in [2.75, 3.05) is 5.32 Å². The first-order valence-corrected chi connectivity index (χ1v) is 8.50. The highest BCUT2D eigenvalue weighted by Crippen LogP contribution is 2.40. The first-order valence-electron chi connectivity index (χ1n) is 8.50. The average molecular weight is 369 g/mol. The fourth-order valence-electron chi connectivity index (χ4n) is 3.54. The number of fused-ring (bicyclic) bond motifs is 1. The Bertz CT molecular complexity index is 1060. The molecule has 8 heteroatoms. The molecule has 1 amide bonds. The summed E-state index contributed by atoms with van der Waals surface area (Å²) in [6.45, 7) is 5.44. The number of hydrogen-bond donors (Lipinski definition) is 1. The van der Waals surface area contributed by atoms with Gasteiger partial charge in [0.1, 0.15) is 17.5 Å². The van der Waals surface area contributed by atoms with Gasteiger partial charge in [0, 0.05) is 29.3 Å². The maximum atomic E-state index is 14.4. The molecule has 3 aromatic rings. The van der Waals surface area contributed by atoms with Crippen LogP contribution in [0.5, 0.6) is 0 Å². The lowest BCUT2D eigenvalue weighted by Gasteiger charge is -2.24. The van der Waals surface area contributed by atoms with Crippen LogP contribution in [0, 0.1) is 32.4 Å². The molecule has 1 aliphatic rings. The molecule has 0 fully saturated rings. The van der Waals surface area contributed by atoms with Crippen LogP contribution in [0.15, 0.2) is 24.3 Å². The van der Waals surface area contributed by atoms with Gasteiger partial charge in [-0.3, -0.25) is 4.79 Å². The molecular weight excluding hydrogens is 352 g/mol. The van der Waals surface area contributed by atoms with Crippen LogP contribution >= 0.6 is 0 Å². The Morgan fingerprint density at radius 3 is 2.52 bits per heavy atom. The van der Waals surface area contributed by atoms with Gasteiger partial charge in [0.2, 0.25) is 5.91 Å². The second-order valence-electron chi connectivity index (χ2n) is 6.68. The van der Waals surface area contributed by atoms with Gasteiger partial charge in [0.25, 0.3) is 5.95 Å². The Balaban J connectivity index is 1.92. The molecule has 2 aromatic heterocycles. The van der Waals surface area contributed by atoms with E-state index in [2.05, 4.69) is 20.4 Å².